The molecular weight excluding hydrogens is 398 g/mol. The number of nitrogens with zero attached hydrogens (tertiary/aromatic N) is 2. The Balaban J connectivity index is 2.38. The molecule has 118 valence electrons. The SMILES string of the molecule is COc1cc(Cl)cnc1NS(=O)(=O)c1cnc(OC)c(Br)c1. The monoisotopic (exact) mass is 407 g/mol. The third-order valence-corrected chi connectivity index (χ3v) is 4.64. The molecule has 0 aliphatic carbocycles. The molecule has 0 aliphatic heterocycles. The fourth-order valence-electron chi connectivity index (χ4n) is 1.54. The number of ether oxygens (including phenoxy) is 2. The lowest BCUT2D eigenvalue weighted by atomic mass is 10.4. The lowest BCUT2D eigenvalue weighted by Gasteiger charge is -2.11. The number of nitrogens with one attached hydrogen (secondary N) is 1. The first-order valence-electron chi connectivity index (χ1n) is 5.79. The Labute approximate surface area is 140 Å². The van der Waals surface area contributed by atoms with Crippen LogP contribution in [0.1, 0.15) is 0 Å². The van der Waals surface area contributed by atoms with Gasteiger partial charge in [-0.1, -0.05) is 11.6 Å². The van der Waals surface area contributed by atoms with Crippen LogP contribution in [0.3, 0.4) is 0 Å². The second-order valence-electron chi connectivity index (χ2n) is 3.97. The van der Waals surface area contributed by atoms with E-state index in [1.165, 1.54) is 38.7 Å². The summed E-state index contributed by atoms with van der Waals surface area (Å²) in [5, 5.41) is 0.327. The lowest BCUT2D eigenvalue weighted by Crippen LogP contribution is -2.15. The Kier molecular flexibility index (Phi) is 5.09. The Bertz CT molecular complexity index is 801. The van der Waals surface area contributed by atoms with Gasteiger partial charge >= 0.3 is 0 Å². The molecule has 2 aromatic rings. The topological polar surface area (TPSA) is 90.4 Å². The average Bonchev–Trinajstić information content (AvgIpc) is 2.48. The standard InChI is InChI=1S/C12H11BrClN3O4S/c1-20-10-3-7(14)5-15-11(10)17-22(18,19)8-4-9(13)12(21-2)16-6-8/h3-6H,1-2H3,(H,15,17). The number of pyridine rings is 2. The van der Waals surface area contributed by atoms with Gasteiger partial charge in [0, 0.05) is 12.3 Å². The van der Waals surface area contributed by atoms with Crippen molar-refractivity contribution in [2.24, 2.45) is 0 Å². The third kappa shape index (κ3) is 3.60. The molecule has 0 amide bonds. The molecule has 0 aliphatic rings. The summed E-state index contributed by atoms with van der Waals surface area (Å²) < 4.78 is 37.5. The summed E-state index contributed by atoms with van der Waals surface area (Å²) in [5.41, 5.74) is 0. The fourth-order valence-corrected chi connectivity index (χ4v) is 3.34. The zero-order valence-electron chi connectivity index (χ0n) is 11.5. The van der Waals surface area contributed by atoms with Crippen molar-refractivity contribution in [3.8, 4) is 11.6 Å². The second kappa shape index (κ2) is 6.67. The van der Waals surface area contributed by atoms with Gasteiger partial charge in [-0.3, -0.25) is 4.72 Å². The van der Waals surface area contributed by atoms with Gasteiger partial charge in [-0.05, 0) is 22.0 Å². The highest BCUT2D eigenvalue weighted by molar-refractivity contribution is 9.10. The molecule has 7 nitrogen and oxygen atoms in total. The van der Waals surface area contributed by atoms with E-state index in [9.17, 15) is 8.42 Å². The van der Waals surface area contributed by atoms with Crippen LogP contribution in [0.2, 0.25) is 5.02 Å². The minimum absolute atomic E-state index is 0.0267. The van der Waals surface area contributed by atoms with Gasteiger partial charge in [-0.15, -0.1) is 0 Å². The molecule has 22 heavy (non-hydrogen) atoms. The highest BCUT2D eigenvalue weighted by Gasteiger charge is 2.20. The van der Waals surface area contributed by atoms with Gasteiger partial charge < -0.3 is 9.47 Å². The summed E-state index contributed by atoms with van der Waals surface area (Å²) in [5.74, 6) is 0.511. The predicted molar refractivity (Wildman–Crippen MR) is 85.1 cm³/mol. The maximum Gasteiger partial charge on any atom is 0.264 e. The number of aromatic nitrogens is 2. The van der Waals surface area contributed by atoms with E-state index in [1.807, 2.05) is 0 Å². The molecule has 0 bridgehead atoms. The molecule has 0 unspecified atom stereocenters. The van der Waals surface area contributed by atoms with Crippen molar-refractivity contribution in [3.63, 3.8) is 0 Å². The summed E-state index contributed by atoms with van der Waals surface area (Å²) in [7, 11) is -1.07. The Morgan fingerprint density at radius 3 is 2.50 bits per heavy atom. The van der Waals surface area contributed by atoms with Gasteiger partial charge in [0.15, 0.2) is 11.6 Å². The Morgan fingerprint density at radius 2 is 1.91 bits per heavy atom. The van der Waals surface area contributed by atoms with Gasteiger partial charge in [0.05, 0.1) is 29.9 Å². The number of sulfonamides is 1. The molecule has 0 spiro atoms. The summed E-state index contributed by atoms with van der Waals surface area (Å²) >= 11 is 8.97. The van der Waals surface area contributed by atoms with Gasteiger partial charge in [-0.25, -0.2) is 18.4 Å². The van der Waals surface area contributed by atoms with Crippen LogP contribution in [0.25, 0.3) is 0 Å². The summed E-state index contributed by atoms with van der Waals surface area (Å²) in [4.78, 5) is 7.76. The maximum atomic E-state index is 12.4. The molecule has 2 aromatic heterocycles. The number of anilines is 1. The Morgan fingerprint density at radius 1 is 1.18 bits per heavy atom. The first-order chi connectivity index (χ1) is 10.4. The van der Waals surface area contributed by atoms with E-state index in [0.717, 1.165) is 0 Å². The number of rotatable bonds is 5. The van der Waals surface area contributed by atoms with Gasteiger partial charge in [0.2, 0.25) is 5.88 Å². The Hall–Kier alpha value is -1.58. The van der Waals surface area contributed by atoms with Crippen LogP contribution in [0.4, 0.5) is 5.82 Å². The molecule has 0 radical (unpaired) electrons. The largest absolute Gasteiger partial charge is 0.493 e. The summed E-state index contributed by atoms with van der Waals surface area (Å²) in [6.07, 6.45) is 2.48. The zero-order valence-corrected chi connectivity index (χ0v) is 14.7. The molecule has 0 saturated heterocycles. The minimum Gasteiger partial charge on any atom is -0.493 e. The lowest BCUT2D eigenvalue weighted by molar-refractivity contribution is 0.394. The van der Waals surface area contributed by atoms with Crippen LogP contribution >= 0.6 is 27.5 Å². The molecule has 10 heteroatoms. The highest BCUT2D eigenvalue weighted by Crippen LogP contribution is 2.29. The molecule has 1 N–H and O–H groups in total. The van der Waals surface area contributed by atoms with Crippen LogP contribution in [0, 0.1) is 0 Å². The van der Waals surface area contributed by atoms with E-state index in [2.05, 4.69) is 30.6 Å². The molecule has 0 aromatic carbocycles. The molecule has 0 saturated carbocycles. The van der Waals surface area contributed by atoms with Crippen LogP contribution in [-0.2, 0) is 10.0 Å². The van der Waals surface area contributed by atoms with Crippen LogP contribution < -0.4 is 14.2 Å². The molecule has 2 rings (SSSR count). The highest BCUT2D eigenvalue weighted by atomic mass is 79.9. The number of methoxy groups -OCH3 is 2. The minimum atomic E-state index is -3.89. The summed E-state index contributed by atoms with van der Waals surface area (Å²) in [6.45, 7) is 0. The van der Waals surface area contributed by atoms with Crippen molar-refractivity contribution in [2.45, 2.75) is 4.90 Å². The normalized spacial score (nSPS) is 11.1. The van der Waals surface area contributed by atoms with Crippen molar-refractivity contribution in [1.29, 1.82) is 0 Å². The van der Waals surface area contributed by atoms with Crippen LogP contribution in [-0.4, -0.2) is 32.6 Å². The average molecular weight is 409 g/mol. The van der Waals surface area contributed by atoms with Crippen molar-refractivity contribution in [3.05, 3.63) is 34.0 Å². The van der Waals surface area contributed by atoms with E-state index < -0.39 is 10.0 Å². The van der Waals surface area contributed by atoms with Crippen LogP contribution in [0.5, 0.6) is 11.6 Å². The van der Waals surface area contributed by atoms with E-state index in [4.69, 9.17) is 21.1 Å². The number of halogens is 2. The van der Waals surface area contributed by atoms with Crippen molar-refractivity contribution < 1.29 is 17.9 Å². The van der Waals surface area contributed by atoms with Crippen molar-refractivity contribution >= 4 is 43.4 Å². The van der Waals surface area contributed by atoms with E-state index >= 15 is 0 Å². The first-order valence-corrected chi connectivity index (χ1v) is 8.44. The second-order valence-corrected chi connectivity index (χ2v) is 6.95. The fraction of sp³-hybridized carbons (Fsp3) is 0.167. The van der Waals surface area contributed by atoms with E-state index in [0.29, 0.717) is 9.50 Å². The number of hydrogen-bond acceptors (Lipinski definition) is 6. The van der Waals surface area contributed by atoms with Crippen molar-refractivity contribution in [2.75, 3.05) is 18.9 Å². The molecule has 2 heterocycles. The molecule has 0 fully saturated rings. The van der Waals surface area contributed by atoms with E-state index in [1.54, 1.807) is 0 Å². The smallest absolute Gasteiger partial charge is 0.264 e. The van der Waals surface area contributed by atoms with Gasteiger partial charge in [-0.2, -0.15) is 0 Å². The van der Waals surface area contributed by atoms with Crippen LogP contribution in [0.15, 0.2) is 33.9 Å². The first kappa shape index (κ1) is 16.8. The third-order valence-electron chi connectivity index (χ3n) is 2.56. The summed E-state index contributed by atoms with van der Waals surface area (Å²) in [6, 6.07) is 2.82. The molecule has 0 atom stereocenters. The number of hydrogen-bond donors (Lipinski definition) is 1. The van der Waals surface area contributed by atoms with Crippen molar-refractivity contribution in [1.82, 2.24) is 9.97 Å². The van der Waals surface area contributed by atoms with Gasteiger partial charge in [0.25, 0.3) is 10.0 Å². The molecular formula is C12H11BrClN3O4S. The zero-order chi connectivity index (χ0) is 16.3. The maximum absolute atomic E-state index is 12.4. The predicted octanol–water partition coefficient (Wildman–Crippen LogP) is 2.71. The van der Waals surface area contributed by atoms with E-state index in [-0.39, 0.29) is 22.3 Å². The van der Waals surface area contributed by atoms with Gasteiger partial charge in [0.1, 0.15) is 4.90 Å². The quantitative estimate of drug-likeness (QED) is 0.818.